The zero-order valence-corrected chi connectivity index (χ0v) is 34.8. The summed E-state index contributed by atoms with van der Waals surface area (Å²) < 4.78 is 32.5. The Morgan fingerprint density at radius 2 is 1.16 bits per heavy atom. The summed E-state index contributed by atoms with van der Waals surface area (Å²) in [7, 11) is -4.43. The summed E-state index contributed by atoms with van der Waals surface area (Å²) in [6.07, 6.45) is 49.9. The van der Waals surface area contributed by atoms with Gasteiger partial charge in [-0.1, -0.05) is 135 Å². The minimum absolute atomic E-state index is 0.0202. The molecule has 0 spiro atoms. The molecule has 0 aliphatic carbocycles. The van der Waals surface area contributed by atoms with Crippen molar-refractivity contribution in [1.82, 2.24) is 0 Å². The number of carbonyl (C=O) groups is 2. The highest BCUT2D eigenvalue weighted by molar-refractivity contribution is 7.47. The Labute approximate surface area is 337 Å². The van der Waals surface area contributed by atoms with Gasteiger partial charge < -0.3 is 25.2 Å². The average molecular weight is 800 g/mol. The van der Waals surface area contributed by atoms with E-state index in [1.807, 2.05) is 48.6 Å². The number of ether oxygens (including phenoxy) is 2. The fraction of sp³-hybridized carbons (Fsp3) is 0.511. The topological polar surface area (TPSA) is 155 Å². The molecule has 11 heteroatoms. The first-order valence-corrected chi connectivity index (χ1v) is 21.6. The summed E-state index contributed by atoms with van der Waals surface area (Å²) >= 11 is 0. The van der Waals surface area contributed by atoms with Gasteiger partial charge in [0.25, 0.3) is 0 Å². The van der Waals surface area contributed by atoms with Crippen molar-refractivity contribution in [2.24, 2.45) is 5.73 Å². The van der Waals surface area contributed by atoms with Gasteiger partial charge in [-0.05, 0) is 83.5 Å². The SMILES string of the molecule is CC/C=C\C/C=C\C/C=C\C/C=C\CCCCC(=O)OC[C@H](COP(=O)(O)OCCN)OC(=O)CC/C=C\C/C=C\C/C=C\C=C\C(O)C/C=C\C/C=C\CC. The van der Waals surface area contributed by atoms with Crippen molar-refractivity contribution in [2.45, 2.75) is 122 Å². The molecule has 3 atom stereocenters. The first-order valence-electron chi connectivity index (χ1n) is 20.1. The van der Waals surface area contributed by atoms with E-state index in [-0.39, 0.29) is 32.6 Å². The fourth-order valence-electron chi connectivity index (χ4n) is 4.50. The Morgan fingerprint density at radius 3 is 1.75 bits per heavy atom. The summed E-state index contributed by atoms with van der Waals surface area (Å²) in [5.74, 6) is -1.02. The molecule has 0 aromatic heterocycles. The summed E-state index contributed by atoms with van der Waals surface area (Å²) in [5.41, 5.74) is 5.33. The van der Waals surface area contributed by atoms with E-state index in [1.54, 1.807) is 6.08 Å². The van der Waals surface area contributed by atoms with Gasteiger partial charge >= 0.3 is 19.8 Å². The van der Waals surface area contributed by atoms with E-state index in [4.69, 9.17) is 24.3 Å². The lowest BCUT2D eigenvalue weighted by molar-refractivity contribution is -0.161. The molecule has 0 saturated carbocycles. The largest absolute Gasteiger partial charge is 0.472 e. The third-order valence-corrected chi connectivity index (χ3v) is 8.42. The van der Waals surface area contributed by atoms with Gasteiger partial charge in [0.05, 0.1) is 19.3 Å². The monoisotopic (exact) mass is 799 g/mol. The number of aliphatic hydroxyl groups is 1. The van der Waals surface area contributed by atoms with Crippen LogP contribution in [-0.4, -0.2) is 60.5 Å². The van der Waals surface area contributed by atoms with Gasteiger partial charge in [0, 0.05) is 19.4 Å². The number of hydrogen-bond acceptors (Lipinski definition) is 9. The van der Waals surface area contributed by atoms with Crippen LogP contribution >= 0.6 is 7.82 Å². The van der Waals surface area contributed by atoms with Crippen LogP contribution in [0.25, 0.3) is 0 Å². The number of phosphoric acid groups is 1. The lowest BCUT2D eigenvalue weighted by Crippen LogP contribution is -2.29. The molecule has 4 N–H and O–H groups in total. The molecular weight excluding hydrogens is 729 g/mol. The number of carbonyl (C=O) groups excluding carboxylic acids is 2. The molecule has 10 nitrogen and oxygen atoms in total. The predicted molar refractivity (Wildman–Crippen MR) is 230 cm³/mol. The zero-order valence-electron chi connectivity index (χ0n) is 33.9. The zero-order chi connectivity index (χ0) is 41.2. The third-order valence-electron chi connectivity index (χ3n) is 7.44. The second-order valence-corrected chi connectivity index (χ2v) is 14.0. The molecule has 0 heterocycles. The minimum Gasteiger partial charge on any atom is -0.462 e. The van der Waals surface area contributed by atoms with Crippen LogP contribution in [0.3, 0.4) is 0 Å². The lowest BCUT2D eigenvalue weighted by Gasteiger charge is -2.19. The fourth-order valence-corrected chi connectivity index (χ4v) is 5.26. The summed E-state index contributed by atoms with van der Waals surface area (Å²) in [4.78, 5) is 34.8. The maximum absolute atomic E-state index is 12.5. The Hall–Kier alpha value is -3.63. The Kier molecular flexibility index (Phi) is 37.0. The normalized spacial score (nSPS) is 15.2. The highest BCUT2D eigenvalue weighted by Crippen LogP contribution is 2.43. The van der Waals surface area contributed by atoms with Crippen molar-refractivity contribution >= 4 is 19.8 Å². The van der Waals surface area contributed by atoms with Gasteiger partial charge in [-0.15, -0.1) is 0 Å². The van der Waals surface area contributed by atoms with Crippen LogP contribution < -0.4 is 5.73 Å². The lowest BCUT2D eigenvalue weighted by atomic mass is 10.2. The van der Waals surface area contributed by atoms with E-state index in [2.05, 4.69) is 80.7 Å². The number of nitrogens with two attached hydrogens (primary N) is 1. The van der Waals surface area contributed by atoms with Crippen LogP contribution in [0, 0.1) is 0 Å². The van der Waals surface area contributed by atoms with Gasteiger partial charge in [0.15, 0.2) is 6.10 Å². The summed E-state index contributed by atoms with van der Waals surface area (Å²) in [6, 6.07) is 0. The second kappa shape index (κ2) is 39.6. The number of aliphatic hydroxyl groups excluding tert-OH is 1. The molecular formula is C45H70NO9P. The van der Waals surface area contributed by atoms with Gasteiger partial charge in [0.1, 0.15) is 6.61 Å². The molecule has 0 amide bonds. The molecule has 0 radical (unpaired) electrons. The van der Waals surface area contributed by atoms with Crippen LogP contribution in [0.2, 0.25) is 0 Å². The summed E-state index contributed by atoms with van der Waals surface area (Å²) in [6.45, 7) is 3.24. The van der Waals surface area contributed by atoms with E-state index >= 15 is 0 Å². The molecule has 0 fully saturated rings. The average Bonchev–Trinajstić information content (AvgIpc) is 3.18. The van der Waals surface area contributed by atoms with Crippen molar-refractivity contribution in [3.63, 3.8) is 0 Å². The van der Waals surface area contributed by atoms with Crippen LogP contribution in [-0.2, 0) is 32.7 Å². The molecule has 56 heavy (non-hydrogen) atoms. The molecule has 0 aromatic carbocycles. The number of hydrogen-bond donors (Lipinski definition) is 3. The third kappa shape index (κ3) is 38.6. The van der Waals surface area contributed by atoms with Crippen LogP contribution in [0.15, 0.2) is 122 Å². The minimum atomic E-state index is -4.43. The highest BCUT2D eigenvalue weighted by Gasteiger charge is 2.25. The molecule has 0 aliphatic heterocycles. The number of phosphoric ester groups is 1. The van der Waals surface area contributed by atoms with E-state index in [0.717, 1.165) is 57.8 Å². The van der Waals surface area contributed by atoms with Gasteiger partial charge in [-0.25, -0.2) is 4.57 Å². The smallest absolute Gasteiger partial charge is 0.462 e. The molecule has 0 aliphatic rings. The number of allylic oxidation sites excluding steroid dienone is 18. The summed E-state index contributed by atoms with van der Waals surface area (Å²) in [5, 5.41) is 9.99. The van der Waals surface area contributed by atoms with Gasteiger partial charge in [0.2, 0.25) is 0 Å². The Morgan fingerprint density at radius 1 is 0.625 bits per heavy atom. The van der Waals surface area contributed by atoms with Crippen LogP contribution in [0.5, 0.6) is 0 Å². The maximum Gasteiger partial charge on any atom is 0.472 e. The standard InChI is InChI=1S/C45H70NO9P/c1-3-5-7-9-11-12-13-14-15-16-17-21-24-28-32-36-44(48)52-40-43(41-54-56(50,51)53-39-38-46)55-45(49)37-33-29-25-22-19-18-20-23-27-31-35-42(47)34-30-26-10-8-6-4-2/h5-8,11-12,14-15,17-19,21,23,25-27,29-31,35,42-43,47H,3-4,9-10,13,16,20,22,24,28,32-34,36-41,46H2,1-2H3,(H,50,51)/b7-5-,8-6-,12-11-,15-14-,19-18-,21-17-,27-23-,29-25-,30-26-,35-31+/t42?,43-/m1/s1. The van der Waals surface area contributed by atoms with Crippen molar-refractivity contribution in [2.75, 3.05) is 26.4 Å². The number of unbranched alkanes of at least 4 members (excludes halogenated alkanes) is 2. The molecule has 0 rings (SSSR count). The Balaban J connectivity index is 4.49. The molecule has 314 valence electrons. The van der Waals surface area contributed by atoms with Gasteiger partial charge in [-0.3, -0.25) is 18.6 Å². The van der Waals surface area contributed by atoms with E-state index in [1.165, 1.54) is 0 Å². The van der Waals surface area contributed by atoms with Gasteiger partial charge in [-0.2, -0.15) is 0 Å². The molecule has 0 saturated heterocycles. The number of esters is 2. The second-order valence-electron chi connectivity index (χ2n) is 12.6. The van der Waals surface area contributed by atoms with Crippen LogP contribution in [0.4, 0.5) is 0 Å². The van der Waals surface area contributed by atoms with Crippen molar-refractivity contribution < 1.29 is 42.7 Å². The van der Waals surface area contributed by atoms with Crippen molar-refractivity contribution in [3.05, 3.63) is 122 Å². The van der Waals surface area contributed by atoms with E-state index in [9.17, 15) is 24.2 Å². The highest BCUT2D eigenvalue weighted by atomic mass is 31.2. The number of rotatable bonds is 35. The maximum atomic E-state index is 12.5. The molecule has 0 aromatic rings. The first-order chi connectivity index (χ1) is 27.2. The first kappa shape index (κ1) is 52.4. The van der Waals surface area contributed by atoms with E-state index < -0.39 is 38.6 Å². The van der Waals surface area contributed by atoms with E-state index in [0.29, 0.717) is 25.7 Å². The van der Waals surface area contributed by atoms with Crippen molar-refractivity contribution in [1.29, 1.82) is 0 Å². The molecule has 2 unspecified atom stereocenters. The van der Waals surface area contributed by atoms with Crippen molar-refractivity contribution in [3.8, 4) is 0 Å². The quantitative estimate of drug-likeness (QED) is 0.0185. The predicted octanol–water partition coefficient (Wildman–Crippen LogP) is 10.3. The van der Waals surface area contributed by atoms with Crippen LogP contribution in [0.1, 0.15) is 110 Å². The Bertz CT molecular complexity index is 1340. The molecule has 0 bridgehead atoms.